The van der Waals surface area contributed by atoms with Crippen LogP contribution in [0.3, 0.4) is 0 Å². The molecule has 1 aromatic rings. The molecule has 0 aliphatic carbocycles. The third kappa shape index (κ3) is 4.05. The summed E-state index contributed by atoms with van der Waals surface area (Å²) in [7, 11) is 0. The quantitative estimate of drug-likeness (QED) is 0.829. The molecule has 2 rings (SSSR count). The fourth-order valence-corrected chi connectivity index (χ4v) is 2.18. The number of ether oxygens (including phenoxy) is 2. The summed E-state index contributed by atoms with van der Waals surface area (Å²) in [6.07, 6.45) is 5.91. The van der Waals surface area contributed by atoms with Gasteiger partial charge in [0.15, 0.2) is 0 Å². The molecule has 2 heterocycles. The van der Waals surface area contributed by atoms with Gasteiger partial charge >= 0.3 is 0 Å². The molecule has 4 heteroatoms. The van der Waals surface area contributed by atoms with Crippen LogP contribution in [-0.2, 0) is 15.9 Å². The van der Waals surface area contributed by atoms with E-state index in [0.29, 0.717) is 25.9 Å². The standard InChI is InChI=1S/C14H22N2O2/c1-2-5-16-13(14-11-17-8-9-18-14)10-12-3-6-15-7-4-12/h3-4,6-7,13-14,16H,2,5,8-11H2,1H3. The second-order valence-electron chi connectivity index (χ2n) is 4.60. The Hall–Kier alpha value is -0.970. The Bertz CT molecular complexity index is 326. The summed E-state index contributed by atoms with van der Waals surface area (Å²) in [5.41, 5.74) is 1.28. The van der Waals surface area contributed by atoms with Crippen LogP contribution in [0.1, 0.15) is 18.9 Å². The van der Waals surface area contributed by atoms with Gasteiger partial charge < -0.3 is 14.8 Å². The van der Waals surface area contributed by atoms with Crippen LogP contribution in [0.2, 0.25) is 0 Å². The second kappa shape index (κ2) is 7.46. The van der Waals surface area contributed by atoms with Crippen molar-refractivity contribution in [2.75, 3.05) is 26.4 Å². The van der Waals surface area contributed by atoms with E-state index in [1.165, 1.54) is 5.56 Å². The predicted molar refractivity (Wildman–Crippen MR) is 70.6 cm³/mol. The minimum absolute atomic E-state index is 0.151. The molecule has 1 saturated heterocycles. The summed E-state index contributed by atoms with van der Waals surface area (Å²) in [4.78, 5) is 4.05. The van der Waals surface area contributed by atoms with Crippen LogP contribution in [0.25, 0.3) is 0 Å². The van der Waals surface area contributed by atoms with E-state index in [0.717, 1.165) is 19.4 Å². The average Bonchev–Trinajstić information content (AvgIpc) is 2.45. The molecule has 0 spiro atoms. The molecule has 0 bridgehead atoms. The molecule has 0 amide bonds. The first-order chi connectivity index (χ1) is 8.90. The highest BCUT2D eigenvalue weighted by Crippen LogP contribution is 2.11. The van der Waals surface area contributed by atoms with Crippen LogP contribution >= 0.6 is 0 Å². The van der Waals surface area contributed by atoms with Crippen LogP contribution in [0.4, 0.5) is 0 Å². The normalized spacial score (nSPS) is 21.7. The van der Waals surface area contributed by atoms with E-state index < -0.39 is 0 Å². The number of aromatic nitrogens is 1. The summed E-state index contributed by atoms with van der Waals surface area (Å²) >= 11 is 0. The molecule has 1 N–H and O–H groups in total. The van der Waals surface area contributed by atoms with E-state index in [9.17, 15) is 0 Å². The minimum Gasteiger partial charge on any atom is -0.376 e. The van der Waals surface area contributed by atoms with Crippen molar-refractivity contribution in [1.29, 1.82) is 0 Å². The fourth-order valence-electron chi connectivity index (χ4n) is 2.18. The van der Waals surface area contributed by atoms with Gasteiger partial charge in [0.25, 0.3) is 0 Å². The monoisotopic (exact) mass is 250 g/mol. The van der Waals surface area contributed by atoms with Crippen LogP contribution in [0, 0.1) is 0 Å². The van der Waals surface area contributed by atoms with Gasteiger partial charge in [-0.3, -0.25) is 4.98 Å². The molecule has 0 saturated carbocycles. The van der Waals surface area contributed by atoms with Crippen LogP contribution in [0.15, 0.2) is 24.5 Å². The van der Waals surface area contributed by atoms with Gasteiger partial charge in [-0.1, -0.05) is 6.92 Å². The lowest BCUT2D eigenvalue weighted by atomic mass is 10.0. The van der Waals surface area contributed by atoms with E-state index in [1.54, 1.807) is 0 Å². The van der Waals surface area contributed by atoms with Crippen molar-refractivity contribution < 1.29 is 9.47 Å². The molecule has 18 heavy (non-hydrogen) atoms. The summed E-state index contributed by atoms with van der Waals surface area (Å²) < 4.78 is 11.3. The zero-order valence-electron chi connectivity index (χ0n) is 11.0. The van der Waals surface area contributed by atoms with Gasteiger partial charge in [0, 0.05) is 18.4 Å². The van der Waals surface area contributed by atoms with Crippen LogP contribution < -0.4 is 5.32 Å². The third-order valence-corrected chi connectivity index (χ3v) is 3.15. The van der Waals surface area contributed by atoms with Crippen molar-refractivity contribution in [3.8, 4) is 0 Å². The molecule has 2 atom stereocenters. The summed E-state index contributed by atoms with van der Waals surface area (Å²) in [5, 5.41) is 3.56. The first-order valence-electron chi connectivity index (χ1n) is 6.71. The van der Waals surface area contributed by atoms with E-state index in [2.05, 4.69) is 29.4 Å². The maximum atomic E-state index is 5.81. The van der Waals surface area contributed by atoms with Crippen molar-refractivity contribution in [1.82, 2.24) is 10.3 Å². The molecule has 100 valence electrons. The highest BCUT2D eigenvalue weighted by atomic mass is 16.6. The Labute approximate surface area is 109 Å². The maximum absolute atomic E-state index is 5.81. The molecule has 4 nitrogen and oxygen atoms in total. The number of nitrogens with one attached hydrogen (secondary N) is 1. The van der Waals surface area contributed by atoms with E-state index in [-0.39, 0.29) is 6.10 Å². The van der Waals surface area contributed by atoms with Crippen LogP contribution in [-0.4, -0.2) is 43.5 Å². The zero-order chi connectivity index (χ0) is 12.6. The number of pyridine rings is 1. The van der Waals surface area contributed by atoms with Gasteiger partial charge in [0.2, 0.25) is 0 Å². The SMILES string of the molecule is CCCNC(Cc1ccncc1)C1COCCO1. The highest BCUT2D eigenvalue weighted by Gasteiger charge is 2.24. The maximum Gasteiger partial charge on any atom is 0.0965 e. The molecule has 1 aliphatic heterocycles. The van der Waals surface area contributed by atoms with Gasteiger partial charge in [-0.2, -0.15) is 0 Å². The van der Waals surface area contributed by atoms with Gasteiger partial charge in [0.1, 0.15) is 0 Å². The van der Waals surface area contributed by atoms with Gasteiger partial charge in [0.05, 0.1) is 25.9 Å². The number of rotatable bonds is 6. The molecular weight excluding hydrogens is 228 g/mol. The molecule has 1 fully saturated rings. The molecular formula is C14H22N2O2. The van der Waals surface area contributed by atoms with Crippen LogP contribution in [0.5, 0.6) is 0 Å². The first kappa shape index (κ1) is 13.5. The lowest BCUT2D eigenvalue weighted by molar-refractivity contribution is -0.101. The molecule has 1 aliphatic rings. The van der Waals surface area contributed by atoms with Crippen molar-refractivity contribution in [2.45, 2.75) is 31.9 Å². The smallest absolute Gasteiger partial charge is 0.0965 e. The Morgan fingerprint density at radius 3 is 2.89 bits per heavy atom. The van der Waals surface area contributed by atoms with E-state index >= 15 is 0 Å². The summed E-state index contributed by atoms with van der Waals surface area (Å²) in [6, 6.07) is 4.43. The zero-order valence-corrected chi connectivity index (χ0v) is 11.0. The lowest BCUT2D eigenvalue weighted by Gasteiger charge is -2.31. The van der Waals surface area contributed by atoms with Crippen molar-refractivity contribution in [3.05, 3.63) is 30.1 Å². The number of hydrogen-bond donors (Lipinski definition) is 1. The highest BCUT2D eigenvalue weighted by molar-refractivity contribution is 5.12. The molecule has 0 radical (unpaired) electrons. The topological polar surface area (TPSA) is 43.4 Å². The van der Waals surface area contributed by atoms with Gasteiger partial charge in [-0.05, 0) is 37.1 Å². The average molecular weight is 250 g/mol. The van der Waals surface area contributed by atoms with Crippen molar-refractivity contribution >= 4 is 0 Å². The second-order valence-corrected chi connectivity index (χ2v) is 4.60. The molecule has 1 aromatic heterocycles. The van der Waals surface area contributed by atoms with Gasteiger partial charge in [-0.15, -0.1) is 0 Å². The number of hydrogen-bond acceptors (Lipinski definition) is 4. The first-order valence-corrected chi connectivity index (χ1v) is 6.71. The number of nitrogens with zero attached hydrogens (tertiary/aromatic N) is 1. The fraction of sp³-hybridized carbons (Fsp3) is 0.643. The Morgan fingerprint density at radius 1 is 1.39 bits per heavy atom. The van der Waals surface area contributed by atoms with Gasteiger partial charge in [-0.25, -0.2) is 0 Å². The predicted octanol–water partition coefficient (Wildman–Crippen LogP) is 1.41. The van der Waals surface area contributed by atoms with Crippen molar-refractivity contribution in [3.63, 3.8) is 0 Å². The Balaban J connectivity index is 1.95. The van der Waals surface area contributed by atoms with Crippen molar-refractivity contribution in [2.24, 2.45) is 0 Å². The largest absolute Gasteiger partial charge is 0.376 e. The molecule has 2 unspecified atom stereocenters. The summed E-state index contributed by atoms with van der Waals surface area (Å²) in [5.74, 6) is 0. The third-order valence-electron chi connectivity index (χ3n) is 3.15. The Kier molecular flexibility index (Phi) is 5.58. The van der Waals surface area contributed by atoms with E-state index in [4.69, 9.17) is 9.47 Å². The summed E-state index contributed by atoms with van der Waals surface area (Å²) in [6.45, 7) is 5.29. The Morgan fingerprint density at radius 2 is 2.22 bits per heavy atom. The molecule has 0 aromatic carbocycles. The lowest BCUT2D eigenvalue weighted by Crippen LogP contribution is -2.48. The minimum atomic E-state index is 0.151. The van der Waals surface area contributed by atoms with E-state index in [1.807, 2.05) is 12.4 Å².